The second-order valence-corrected chi connectivity index (χ2v) is 7.37. The van der Waals surface area contributed by atoms with Gasteiger partial charge in [-0.05, 0) is 50.8 Å². The Morgan fingerprint density at radius 1 is 1.31 bits per heavy atom. The van der Waals surface area contributed by atoms with Crippen molar-refractivity contribution in [2.24, 2.45) is 5.92 Å². The molecule has 0 radical (unpaired) electrons. The number of fused-ring (bicyclic) bond motifs is 1. The van der Waals surface area contributed by atoms with Crippen LogP contribution in [0, 0.1) is 12.8 Å². The number of hydrogen-bond acceptors (Lipinski definition) is 5. The molecule has 6 nitrogen and oxygen atoms in total. The van der Waals surface area contributed by atoms with Gasteiger partial charge in [-0.3, -0.25) is 9.78 Å². The van der Waals surface area contributed by atoms with E-state index in [1.165, 1.54) is 0 Å². The van der Waals surface area contributed by atoms with Crippen LogP contribution in [0.25, 0.3) is 0 Å². The quantitative estimate of drug-likeness (QED) is 0.764. The molecule has 6 heteroatoms. The number of aryl methyl sites for hydroxylation is 2. The molecule has 0 saturated heterocycles. The lowest BCUT2D eigenvalue weighted by molar-refractivity contribution is 0.0441. The number of aliphatic hydroxyl groups is 1. The summed E-state index contributed by atoms with van der Waals surface area (Å²) >= 11 is 0. The van der Waals surface area contributed by atoms with E-state index < -0.39 is 6.10 Å². The fraction of sp³-hybridized carbons (Fsp3) is 0.500. The van der Waals surface area contributed by atoms with E-state index >= 15 is 0 Å². The Labute approximate surface area is 153 Å². The molecule has 1 fully saturated rings. The van der Waals surface area contributed by atoms with Crippen molar-refractivity contribution in [2.45, 2.75) is 50.9 Å². The van der Waals surface area contributed by atoms with Crippen LogP contribution in [0.4, 0.5) is 0 Å². The van der Waals surface area contributed by atoms with E-state index in [4.69, 9.17) is 4.74 Å². The van der Waals surface area contributed by atoms with Gasteiger partial charge in [0.2, 0.25) is 0 Å². The summed E-state index contributed by atoms with van der Waals surface area (Å²) in [6.07, 6.45) is 5.94. The van der Waals surface area contributed by atoms with Gasteiger partial charge >= 0.3 is 0 Å². The van der Waals surface area contributed by atoms with E-state index in [0.29, 0.717) is 6.54 Å². The molecule has 0 amide bonds. The molecule has 1 saturated carbocycles. The van der Waals surface area contributed by atoms with Gasteiger partial charge in [0.1, 0.15) is 18.0 Å². The van der Waals surface area contributed by atoms with E-state index in [-0.39, 0.29) is 23.8 Å². The van der Waals surface area contributed by atoms with Crippen molar-refractivity contribution in [1.29, 1.82) is 0 Å². The largest absolute Gasteiger partial charge is 0.488 e. The van der Waals surface area contributed by atoms with E-state index in [9.17, 15) is 9.90 Å². The molecular weight excluding hydrogens is 330 g/mol. The number of pyridine rings is 1. The van der Waals surface area contributed by atoms with Crippen molar-refractivity contribution >= 4 is 5.78 Å². The summed E-state index contributed by atoms with van der Waals surface area (Å²) < 4.78 is 5.88. The molecule has 0 aliphatic heterocycles. The maximum Gasteiger partial charge on any atom is 0.169 e. The van der Waals surface area contributed by atoms with Crippen LogP contribution in [-0.4, -0.2) is 45.7 Å². The number of Topliss-reactive ketones (excluding diaryl/α,β-unsaturated/α-hetero) is 1. The highest BCUT2D eigenvalue weighted by Crippen LogP contribution is 2.28. The Morgan fingerprint density at radius 3 is 2.92 bits per heavy atom. The molecule has 0 aromatic carbocycles. The molecule has 2 aromatic heterocycles. The van der Waals surface area contributed by atoms with Crippen molar-refractivity contribution in [3.05, 3.63) is 47.5 Å². The predicted molar refractivity (Wildman–Crippen MR) is 97.4 cm³/mol. The van der Waals surface area contributed by atoms with Crippen LogP contribution in [0.2, 0.25) is 0 Å². The third-order valence-electron chi connectivity index (χ3n) is 5.53. The monoisotopic (exact) mass is 355 g/mol. The Balaban J connectivity index is 1.32. The van der Waals surface area contributed by atoms with E-state index in [0.717, 1.165) is 48.4 Å². The van der Waals surface area contributed by atoms with Crippen LogP contribution in [0.3, 0.4) is 0 Å². The highest BCUT2D eigenvalue weighted by atomic mass is 16.5. The number of carbonyl (C=O) groups excluding carboxylic acids is 1. The first-order valence-corrected chi connectivity index (χ1v) is 9.32. The number of ether oxygens (including phenoxy) is 1. The highest BCUT2D eigenvalue weighted by Gasteiger charge is 2.37. The second-order valence-electron chi connectivity index (χ2n) is 7.37. The van der Waals surface area contributed by atoms with Crippen LogP contribution in [0.15, 0.2) is 30.6 Å². The minimum Gasteiger partial charge on any atom is -0.488 e. The summed E-state index contributed by atoms with van der Waals surface area (Å²) in [5.41, 5.74) is 2.95. The summed E-state index contributed by atoms with van der Waals surface area (Å²) in [4.78, 5) is 19.9. The summed E-state index contributed by atoms with van der Waals surface area (Å²) in [6.45, 7) is 2.59. The van der Waals surface area contributed by atoms with Crippen LogP contribution in [-0.2, 0) is 6.42 Å². The molecule has 26 heavy (non-hydrogen) atoms. The van der Waals surface area contributed by atoms with Crippen LogP contribution in [0.1, 0.15) is 41.0 Å². The summed E-state index contributed by atoms with van der Waals surface area (Å²) in [6, 6.07) is 5.51. The molecule has 2 aromatic rings. The normalized spacial score (nSPS) is 28.2. The fourth-order valence-electron chi connectivity index (χ4n) is 4.11. The van der Waals surface area contributed by atoms with Crippen LogP contribution >= 0.6 is 0 Å². The standard InChI is InChI=1S/C20H25N3O3/c1-12-10-15-16(23-12)3-2-13(19(15)24)11-22-17-4-5-18(20(17)25)26-14-6-8-21-9-7-14/h6-10,13,17-18,20,22-23,25H,2-5,11H2,1H3. The van der Waals surface area contributed by atoms with Crippen LogP contribution < -0.4 is 10.1 Å². The molecule has 138 valence electrons. The molecule has 4 rings (SSSR count). The van der Waals surface area contributed by atoms with Gasteiger partial charge in [-0.1, -0.05) is 0 Å². The predicted octanol–water partition coefficient (Wildman–Crippen LogP) is 2.02. The summed E-state index contributed by atoms with van der Waals surface area (Å²) in [5, 5.41) is 14.0. The Bertz CT molecular complexity index is 774. The zero-order chi connectivity index (χ0) is 18.1. The number of ketones is 1. The first-order valence-electron chi connectivity index (χ1n) is 9.32. The SMILES string of the molecule is Cc1cc2c([nH]1)CCC(CNC1CCC(Oc3ccncc3)C1O)C2=O. The highest BCUT2D eigenvalue weighted by molar-refractivity contribution is 6.00. The van der Waals surface area contributed by atoms with Crippen molar-refractivity contribution in [1.82, 2.24) is 15.3 Å². The molecule has 3 N–H and O–H groups in total. The smallest absolute Gasteiger partial charge is 0.169 e. The Morgan fingerprint density at radius 2 is 2.12 bits per heavy atom. The summed E-state index contributed by atoms with van der Waals surface area (Å²) in [5.74, 6) is 0.910. The number of H-pyrrole nitrogens is 1. The number of rotatable bonds is 5. The number of aliphatic hydroxyl groups excluding tert-OH is 1. The second kappa shape index (κ2) is 7.21. The summed E-state index contributed by atoms with van der Waals surface area (Å²) in [7, 11) is 0. The number of aromatic amines is 1. The Kier molecular flexibility index (Phi) is 4.78. The van der Waals surface area contributed by atoms with Gasteiger partial charge < -0.3 is 20.1 Å². The van der Waals surface area contributed by atoms with Gasteiger partial charge in [0, 0.05) is 47.8 Å². The average molecular weight is 355 g/mol. The van der Waals surface area contributed by atoms with Crippen molar-refractivity contribution < 1.29 is 14.6 Å². The number of hydrogen-bond donors (Lipinski definition) is 3. The third-order valence-corrected chi connectivity index (χ3v) is 5.53. The molecule has 2 aliphatic carbocycles. The first-order chi connectivity index (χ1) is 12.6. The molecule has 4 unspecified atom stereocenters. The number of nitrogens with one attached hydrogen (secondary N) is 2. The fourth-order valence-corrected chi connectivity index (χ4v) is 4.11. The maximum atomic E-state index is 12.7. The van der Waals surface area contributed by atoms with E-state index in [2.05, 4.69) is 15.3 Å². The molecule has 2 aliphatic rings. The zero-order valence-electron chi connectivity index (χ0n) is 14.9. The van der Waals surface area contributed by atoms with Gasteiger partial charge in [-0.15, -0.1) is 0 Å². The third kappa shape index (κ3) is 3.39. The van der Waals surface area contributed by atoms with Crippen molar-refractivity contribution in [2.75, 3.05) is 6.54 Å². The molecule has 2 heterocycles. The first kappa shape index (κ1) is 17.2. The minimum absolute atomic E-state index is 0.0231. The van der Waals surface area contributed by atoms with Gasteiger partial charge in [-0.2, -0.15) is 0 Å². The van der Waals surface area contributed by atoms with Gasteiger partial charge in [0.25, 0.3) is 0 Å². The zero-order valence-corrected chi connectivity index (χ0v) is 14.9. The van der Waals surface area contributed by atoms with E-state index in [1.807, 2.05) is 13.0 Å². The van der Waals surface area contributed by atoms with E-state index in [1.54, 1.807) is 24.5 Å². The number of nitrogens with zero attached hydrogens (tertiary/aromatic N) is 1. The van der Waals surface area contributed by atoms with Gasteiger partial charge in [0.05, 0.1) is 0 Å². The maximum absolute atomic E-state index is 12.7. The minimum atomic E-state index is -0.577. The number of aromatic nitrogens is 2. The average Bonchev–Trinajstić information content (AvgIpc) is 3.19. The molecule has 0 spiro atoms. The molecule has 4 atom stereocenters. The molecular formula is C20H25N3O3. The van der Waals surface area contributed by atoms with Crippen LogP contribution in [0.5, 0.6) is 5.75 Å². The molecule has 0 bridgehead atoms. The van der Waals surface area contributed by atoms with Crippen molar-refractivity contribution in [3.63, 3.8) is 0 Å². The topological polar surface area (TPSA) is 87.2 Å². The Hall–Kier alpha value is -2.18. The lowest BCUT2D eigenvalue weighted by atomic mass is 9.86. The lowest BCUT2D eigenvalue weighted by Crippen LogP contribution is -2.44. The van der Waals surface area contributed by atoms with Gasteiger partial charge in [-0.25, -0.2) is 0 Å². The van der Waals surface area contributed by atoms with Gasteiger partial charge in [0.15, 0.2) is 5.78 Å². The number of carbonyl (C=O) groups is 1. The lowest BCUT2D eigenvalue weighted by Gasteiger charge is -2.25. The van der Waals surface area contributed by atoms with Crippen molar-refractivity contribution in [3.8, 4) is 5.75 Å².